The molecule has 3 rings (SSSR count). The number of fused-ring (bicyclic) bond motifs is 1. The molecule has 102 valence electrons. The zero-order valence-corrected chi connectivity index (χ0v) is 12.9. The van der Waals surface area contributed by atoms with Gasteiger partial charge in [-0.25, -0.2) is 4.68 Å². The molecule has 0 aliphatic rings. The van der Waals surface area contributed by atoms with E-state index in [1.807, 2.05) is 36.0 Å². The molecule has 3 aromatic rings. The van der Waals surface area contributed by atoms with Crippen LogP contribution in [0.2, 0.25) is 0 Å². The second kappa shape index (κ2) is 5.34. The molecule has 0 amide bonds. The summed E-state index contributed by atoms with van der Waals surface area (Å²) in [5.41, 5.74) is 4.12. The minimum atomic E-state index is 0.313. The molecular formula is C15H15BrN4. The van der Waals surface area contributed by atoms with Gasteiger partial charge >= 0.3 is 0 Å². The van der Waals surface area contributed by atoms with E-state index in [2.05, 4.69) is 56.7 Å². The normalized spacial score (nSPS) is 12.8. The molecule has 20 heavy (non-hydrogen) atoms. The van der Waals surface area contributed by atoms with Crippen LogP contribution in [-0.2, 0) is 0 Å². The second-order valence-electron chi connectivity index (χ2n) is 4.71. The smallest absolute Gasteiger partial charge is 0.113 e. The fraction of sp³-hybridized carbons (Fsp3) is 0.200. The van der Waals surface area contributed by atoms with Crippen LogP contribution in [0.5, 0.6) is 0 Å². The van der Waals surface area contributed by atoms with Crippen molar-refractivity contribution < 1.29 is 0 Å². The monoisotopic (exact) mass is 330 g/mol. The highest BCUT2D eigenvalue weighted by Gasteiger charge is 2.11. The van der Waals surface area contributed by atoms with Gasteiger partial charge in [-0.05, 0) is 59.7 Å². The number of aromatic nitrogens is 3. The number of nitrogens with one attached hydrogen (secondary N) is 1. The van der Waals surface area contributed by atoms with Gasteiger partial charge in [0.15, 0.2) is 0 Å². The van der Waals surface area contributed by atoms with Crippen molar-refractivity contribution in [2.45, 2.75) is 13.0 Å². The first-order chi connectivity index (χ1) is 9.70. The van der Waals surface area contributed by atoms with Crippen molar-refractivity contribution in [3.63, 3.8) is 0 Å². The van der Waals surface area contributed by atoms with E-state index in [1.54, 1.807) is 0 Å². The van der Waals surface area contributed by atoms with Gasteiger partial charge in [-0.3, -0.25) is 0 Å². The number of nitrogens with zero attached hydrogens (tertiary/aromatic N) is 3. The number of hydrogen-bond donors (Lipinski definition) is 1. The molecule has 0 bridgehead atoms. The summed E-state index contributed by atoms with van der Waals surface area (Å²) in [5, 5.41) is 11.7. The number of rotatable bonds is 3. The van der Waals surface area contributed by atoms with E-state index in [-0.39, 0.29) is 0 Å². The minimum Gasteiger partial charge on any atom is -0.313 e. The highest BCUT2D eigenvalue weighted by molar-refractivity contribution is 9.10. The summed E-state index contributed by atoms with van der Waals surface area (Å²) < 4.78 is 2.86. The van der Waals surface area contributed by atoms with Crippen LogP contribution in [0.1, 0.15) is 18.5 Å². The summed E-state index contributed by atoms with van der Waals surface area (Å²) >= 11 is 3.64. The maximum Gasteiger partial charge on any atom is 0.113 e. The summed E-state index contributed by atoms with van der Waals surface area (Å²) in [5.74, 6) is 0. The average Bonchev–Trinajstić information content (AvgIpc) is 2.90. The number of benzene rings is 2. The quantitative estimate of drug-likeness (QED) is 0.799. The topological polar surface area (TPSA) is 42.7 Å². The molecule has 1 unspecified atom stereocenters. The van der Waals surface area contributed by atoms with Crippen LogP contribution in [0.4, 0.5) is 0 Å². The zero-order valence-electron chi connectivity index (χ0n) is 11.3. The van der Waals surface area contributed by atoms with Gasteiger partial charge in [0.1, 0.15) is 5.52 Å². The Morgan fingerprint density at radius 2 is 2.00 bits per heavy atom. The fourth-order valence-corrected chi connectivity index (χ4v) is 2.74. The highest BCUT2D eigenvalue weighted by Crippen LogP contribution is 2.26. The van der Waals surface area contributed by atoms with Crippen LogP contribution in [0, 0.1) is 0 Å². The summed E-state index contributed by atoms with van der Waals surface area (Å²) in [6.07, 6.45) is 0. The van der Waals surface area contributed by atoms with Crippen molar-refractivity contribution in [3.05, 3.63) is 52.5 Å². The molecule has 1 N–H and O–H groups in total. The van der Waals surface area contributed by atoms with Crippen molar-refractivity contribution in [1.82, 2.24) is 20.3 Å². The Balaban J connectivity index is 2.11. The molecule has 0 saturated carbocycles. The lowest BCUT2D eigenvalue weighted by Crippen LogP contribution is -2.12. The second-order valence-corrected chi connectivity index (χ2v) is 5.57. The maximum absolute atomic E-state index is 4.24. The maximum atomic E-state index is 4.24. The van der Waals surface area contributed by atoms with E-state index < -0.39 is 0 Å². The fourth-order valence-electron chi connectivity index (χ4n) is 2.18. The Bertz CT molecular complexity index is 750. The number of halogens is 1. The van der Waals surface area contributed by atoms with Crippen LogP contribution in [0.25, 0.3) is 16.7 Å². The van der Waals surface area contributed by atoms with Gasteiger partial charge in [0.25, 0.3) is 0 Å². The summed E-state index contributed by atoms with van der Waals surface area (Å²) in [6.45, 7) is 2.13. The Labute approximate surface area is 125 Å². The van der Waals surface area contributed by atoms with Crippen LogP contribution < -0.4 is 5.32 Å². The molecule has 0 fully saturated rings. The van der Waals surface area contributed by atoms with Gasteiger partial charge in [-0.2, -0.15) is 0 Å². The Hall–Kier alpha value is -1.72. The van der Waals surface area contributed by atoms with Crippen LogP contribution in [0.3, 0.4) is 0 Å². The van der Waals surface area contributed by atoms with Crippen molar-refractivity contribution in [1.29, 1.82) is 0 Å². The Morgan fingerprint density at radius 3 is 2.75 bits per heavy atom. The lowest BCUT2D eigenvalue weighted by molar-refractivity contribution is 0.651. The van der Waals surface area contributed by atoms with Gasteiger partial charge < -0.3 is 5.32 Å². The minimum absolute atomic E-state index is 0.313. The third-order valence-electron chi connectivity index (χ3n) is 3.48. The highest BCUT2D eigenvalue weighted by atomic mass is 79.9. The molecule has 5 heteroatoms. The molecule has 0 aliphatic heterocycles. The average molecular weight is 331 g/mol. The van der Waals surface area contributed by atoms with Gasteiger partial charge in [0.05, 0.1) is 11.2 Å². The van der Waals surface area contributed by atoms with Crippen molar-refractivity contribution in [2.24, 2.45) is 0 Å². The SMILES string of the molecule is CNC(C)c1ccc(-n2nnc3ccccc32)c(Br)c1. The van der Waals surface area contributed by atoms with Gasteiger partial charge in [-0.1, -0.05) is 23.4 Å². The molecule has 1 heterocycles. The van der Waals surface area contributed by atoms with Crippen LogP contribution in [0.15, 0.2) is 46.9 Å². The van der Waals surface area contributed by atoms with Crippen molar-refractivity contribution >= 4 is 27.0 Å². The van der Waals surface area contributed by atoms with E-state index in [4.69, 9.17) is 0 Å². The molecule has 0 saturated heterocycles. The Morgan fingerprint density at radius 1 is 1.20 bits per heavy atom. The first kappa shape index (κ1) is 13.3. The largest absolute Gasteiger partial charge is 0.313 e. The molecule has 1 atom stereocenters. The molecule has 0 spiro atoms. The van der Waals surface area contributed by atoms with Gasteiger partial charge in [-0.15, -0.1) is 5.10 Å². The van der Waals surface area contributed by atoms with Crippen LogP contribution in [-0.4, -0.2) is 22.0 Å². The molecule has 1 aromatic heterocycles. The number of hydrogen-bond acceptors (Lipinski definition) is 3. The lowest BCUT2D eigenvalue weighted by Gasteiger charge is -2.13. The number of para-hydroxylation sites is 1. The summed E-state index contributed by atoms with van der Waals surface area (Å²) in [4.78, 5) is 0. The van der Waals surface area contributed by atoms with Gasteiger partial charge in [0, 0.05) is 10.5 Å². The molecule has 0 radical (unpaired) electrons. The van der Waals surface area contributed by atoms with Crippen LogP contribution >= 0.6 is 15.9 Å². The van der Waals surface area contributed by atoms with E-state index >= 15 is 0 Å². The summed E-state index contributed by atoms with van der Waals surface area (Å²) in [7, 11) is 1.96. The summed E-state index contributed by atoms with van der Waals surface area (Å²) in [6, 6.07) is 14.5. The van der Waals surface area contributed by atoms with Crippen molar-refractivity contribution in [3.8, 4) is 5.69 Å². The van der Waals surface area contributed by atoms with E-state index in [9.17, 15) is 0 Å². The standard InChI is InChI=1S/C15H15BrN4/c1-10(17-2)11-7-8-14(12(16)9-11)20-15-6-4-3-5-13(15)18-19-20/h3-10,17H,1-2H3. The third-order valence-corrected chi connectivity index (χ3v) is 4.12. The third kappa shape index (κ3) is 2.23. The molecular weight excluding hydrogens is 316 g/mol. The molecule has 0 aliphatic carbocycles. The van der Waals surface area contributed by atoms with E-state index in [0.717, 1.165) is 21.2 Å². The Kier molecular flexibility index (Phi) is 3.54. The first-order valence-corrected chi connectivity index (χ1v) is 7.27. The van der Waals surface area contributed by atoms with Crippen molar-refractivity contribution in [2.75, 3.05) is 7.05 Å². The molecule has 2 aromatic carbocycles. The first-order valence-electron chi connectivity index (χ1n) is 6.48. The zero-order chi connectivity index (χ0) is 14.1. The van der Waals surface area contributed by atoms with E-state index in [1.165, 1.54) is 5.56 Å². The predicted molar refractivity (Wildman–Crippen MR) is 84.0 cm³/mol. The van der Waals surface area contributed by atoms with Gasteiger partial charge in [0.2, 0.25) is 0 Å². The lowest BCUT2D eigenvalue weighted by atomic mass is 10.1. The van der Waals surface area contributed by atoms with E-state index in [0.29, 0.717) is 6.04 Å². The predicted octanol–water partition coefficient (Wildman–Crippen LogP) is 3.46. The molecule has 4 nitrogen and oxygen atoms in total.